The predicted molar refractivity (Wildman–Crippen MR) is 138 cm³/mol. The minimum Gasteiger partial charge on any atom is -0.493 e. The number of likely N-dealkylation sites (tertiary alicyclic amines) is 1. The predicted octanol–water partition coefficient (Wildman–Crippen LogP) is 6.20. The lowest BCUT2D eigenvalue weighted by atomic mass is 9.87. The van der Waals surface area contributed by atoms with Gasteiger partial charge >= 0.3 is 0 Å². The lowest BCUT2D eigenvalue weighted by molar-refractivity contribution is 0.0590. The third kappa shape index (κ3) is 5.36. The fourth-order valence-electron chi connectivity index (χ4n) is 5.87. The maximum Gasteiger partial charge on any atom is 0.135 e. The molecule has 37 heavy (non-hydrogen) atoms. The van der Waals surface area contributed by atoms with Crippen molar-refractivity contribution in [2.45, 2.75) is 51.4 Å². The number of nitrogens with zero attached hydrogens (tertiary/aromatic N) is 2. The third-order valence-electron chi connectivity index (χ3n) is 7.53. The molecule has 1 fully saturated rings. The average Bonchev–Trinajstić information content (AvgIpc) is 3.16. The summed E-state index contributed by atoms with van der Waals surface area (Å²) in [5.41, 5.74) is 0.970. The highest BCUT2D eigenvalue weighted by molar-refractivity contribution is 5.85. The largest absolute Gasteiger partial charge is 0.493 e. The molecule has 1 saturated heterocycles. The summed E-state index contributed by atoms with van der Waals surface area (Å²) in [7, 11) is 0. The lowest BCUT2D eigenvalue weighted by Gasteiger charge is -2.43. The van der Waals surface area contributed by atoms with Crippen LogP contribution in [0.3, 0.4) is 0 Å². The van der Waals surface area contributed by atoms with Crippen LogP contribution in [0.25, 0.3) is 10.9 Å². The van der Waals surface area contributed by atoms with Gasteiger partial charge in [-0.2, -0.15) is 0 Å². The molecule has 1 aromatic heterocycles. The zero-order chi connectivity index (χ0) is 26.3. The van der Waals surface area contributed by atoms with E-state index in [1.807, 2.05) is 36.1 Å². The van der Waals surface area contributed by atoms with Crippen molar-refractivity contribution >= 4 is 10.9 Å². The first-order chi connectivity index (χ1) is 17.6. The normalized spacial score (nSPS) is 21.3. The number of ether oxygens (including phenoxy) is 1. The average molecular weight is 518 g/mol. The van der Waals surface area contributed by atoms with Gasteiger partial charge in [0.05, 0.1) is 19.3 Å². The molecule has 0 saturated carbocycles. The summed E-state index contributed by atoms with van der Waals surface area (Å²) in [6.07, 6.45) is 1.17. The molecule has 0 amide bonds. The van der Waals surface area contributed by atoms with Gasteiger partial charge in [0.25, 0.3) is 0 Å². The Kier molecular flexibility index (Phi) is 7.24. The molecule has 2 aliphatic heterocycles. The molecule has 0 spiro atoms. The zero-order valence-corrected chi connectivity index (χ0v) is 21.7. The van der Waals surface area contributed by atoms with Crippen molar-refractivity contribution in [3.8, 4) is 5.75 Å². The minimum absolute atomic E-state index is 0.0331. The molecular weight excluding hydrogens is 482 g/mol. The van der Waals surface area contributed by atoms with E-state index < -0.39 is 23.3 Å². The Bertz CT molecular complexity index is 1220. The maximum atomic E-state index is 15.7. The molecule has 2 atom stereocenters. The van der Waals surface area contributed by atoms with Gasteiger partial charge in [0.15, 0.2) is 0 Å². The van der Waals surface area contributed by atoms with Gasteiger partial charge in [-0.25, -0.2) is 13.2 Å². The summed E-state index contributed by atoms with van der Waals surface area (Å²) >= 11 is 0. The van der Waals surface area contributed by atoms with Crippen molar-refractivity contribution in [1.29, 1.82) is 0 Å². The fraction of sp³-hybridized carbons (Fsp3) is 0.517. The van der Waals surface area contributed by atoms with Crippen LogP contribution >= 0.6 is 0 Å². The first-order valence-corrected chi connectivity index (χ1v) is 13.1. The molecule has 0 aliphatic carbocycles. The van der Waals surface area contributed by atoms with Crippen molar-refractivity contribution in [3.63, 3.8) is 0 Å². The van der Waals surface area contributed by atoms with E-state index in [0.29, 0.717) is 31.7 Å². The third-order valence-corrected chi connectivity index (χ3v) is 7.53. The summed E-state index contributed by atoms with van der Waals surface area (Å²) in [5.74, 6) is -1.03. The number of hydrogen-bond donors (Lipinski definition) is 1. The summed E-state index contributed by atoms with van der Waals surface area (Å²) < 4.78 is 64.4. The fourth-order valence-corrected chi connectivity index (χ4v) is 5.87. The number of rotatable bonds is 9. The van der Waals surface area contributed by atoms with E-state index in [2.05, 4.69) is 9.88 Å². The summed E-state index contributed by atoms with van der Waals surface area (Å²) in [6, 6.07) is 9.36. The highest BCUT2D eigenvalue weighted by atomic mass is 19.1. The first kappa shape index (κ1) is 26.0. The Morgan fingerprint density at radius 2 is 1.81 bits per heavy atom. The highest BCUT2D eigenvalue weighted by Gasteiger charge is 2.41. The number of benzene rings is 2. The van der Waals surface area contributed by atoms with Gasteiger partial charge in [-0.15, -0.1) is 0 Å². The van der Waals surface area contributed by atoms with E-state index in [9.17, 15) is 8.78 Å². The number of H-pyrrole nitrogens is 1. The smallest absolute Gasteiger partial charge is 0.135 e. The number of para-hydroxylation sites is 1. The maximum absolute atomic E-state index is 15.7. The number of hydrogen-bond acceptors (Lipinski definition) is 3. The van der Waals surface area contributed by atoms with Gasteiger partial charge in [0, 0.05) is 72.4 Å². The Morgan fingerprint density at radius 3 is 2.49 bits per heavy atom. The number of aromatic nitrogens is 1. The number of halogens is 4. The monoisotopic (exact) mass is 517 g/mol. The molecule has 1 N–H and O–H groups in total. The number of nitrogens with one attached hydrogen (secondary N) is 1. The molecular formula is C29H35F4N3O. The van der Waals surface area contributed by atoms with Gasteiger partial charge in [-0.3, -0.25) is 9.29 Å². The van der Waals surface area contributed by atoms with Crippen LogP contribution in [-0.4, -0.2) is 66.0 Å². The Labute approximate surface area is 215 Å². The van der Waals surface area contributed by atoms with Crippen molar-refractivity contribution in [3.05, 3.63) is 64.9 Å². The Hall–Kier alpha value is -2.58. The molecule has 0 bridgehead atoms. The van der Waals surface area contributed by atoms with E-state index in [-0.39, 0.29) is 36.5 Å². The first-order valence-electron chi connectivity index (χ1n) is 13.1. The van der Waals surface area contributed by atoms with Crippen molar-refractivity contribution in [2.24, 2.45) is 5.92 Å². The molecule has 4 nitrogen and oxygen atoms in total. The molecule has 8 heteroatoms. The van der Waals surface area contributed by atoms with Crippen LogP contribution in [0.4, 0.5) is 17.6 Å². The second-order valence-corrected chi connectivity index (χ2v) is 11.2. The van der Waals surface area contributed by atoms with Crippen LogP contribution in [0.2, 0.25) is 0 Å². The van der Waals surface area contributed by atoms with E-state index in [4.69, 9.17) is 4.74 Å². The van der Waals surface area contributed by atoms with Gasteiger partial charge < -0.3 is 14.6 Å². The van der Waals surface area contributed by atoms with Gasteiger partial charge in [-0.1, -0.05) is 18.2 Å². The van der Waals surface area contributed by atoms with Crippen molar-refractivity contribution < 1.29 is 22.3 Å². The summed E-state index contributed by atoms with van der Waals surface area (Å²) in [5, 5.41) is 1.02. The second kappa shape index (κ2) is 10.3. The van der Waals surface area contributed by atoms with Crippen molar-refractivity contribution in [1.82, 2.24) is 14.8 Å². The molecule has 2 aromatic carbocycles. The SMILES string of the molecule is C[C@@H]1Cc2c([nH]c3ccccc23)[C@@H](c2c(F)cc(OCC3CN(CCCF)C3)cc2F)N1CC(C)(C)F. The van der Waals surface area contributed by atoms with Gasteiger partial charge in [0.1, 0.15) is 23.1 Å². The van der Waals surface area contributed by atoms with Crippen LogP contribution in [0, 0.1) is 17.6 Å². The van der Waals surface area contributed by atoms with Crippen molar-refractivity contribution in [2.75, 3.05) is 39.5 Å². The van der Waals surface area contributed by atoms with E-state index in [1.165, 1.54) is 26.0 Å². The Balaban J connectivity index is 1.44. The topological polar surface area (TPSA) is 31.5 Å². The van der Waals surface area contributed by atoms with Gasteiger partial charge in [-0.05, 0) is 45.2 Å². The lowest BCUT2D eigenvalue weighted by Crippen LogP contribution is -2.49. The number of aromatic amines is 1. The van der Waals surface area contributed by atoms with E-state index >= 15 is 8.78 Å². The molecule has 3 aromatic rings. The number of fused-ring (bicyclic) bond motifs is 3. The molecule has 0 unspecified atom stereocenters. The second-order valence-electron chi connectivity index (χ2n) is 11.2. The zero-order valence-electron chi connectivity index (χ0n) is 21.7. The van der Waals surface area contributed by atoms with E-state index in [0.717, 1.165) is 29.6 Å². The van der Waals surface area contributed by atoms with Crippen LogP contribution in [0.5, 0.6) is 5.75 Å². The highest BCUT2D eigenvalue weighted by Crippen LogP contribution is 2.43. The molecule has 5 rings (SSSR count). The standard InChI is InChI=1S/C29H35F4N3O/c1-18-11-22-21-7-4-5-8-25(21)34-27(22)28(36(18)17-29(2,3)33)26-23(31)12-20(13-24(26)32)37-16-19-14-35(15-19)10-6-9-30/h4-5,7-8,12-13,18-19,28,34H,6,9-11,14-17H2,1-3H3/t18-,28-/m1/s1. The summed E-state index contributed by atoms with van der Waals surface area (Å²) in [6.45, 7) is 7.30. The van der Waals surface area contributed by atoms with Gasteiger partial charge in [0.2, 0.25) is 0 Å². The number of alkyl halides is 2. The molecule has 3 heterocycles. The molecule has 2 aliphatic rings. The Morgan fingerprint density at radius 1 is 1.11 bits per heavy atom. The van der Waals surface area contributed by atoms with Crippen LogP contribution < -0.4 is 4.74 Å². The van der Waals surface area contributed by atoms with E-state index in [1.54, 1.807) is 0 Å². The van der Waals surface area contributed by atoms with Crippen LogP contribution in [-0.2, 0) is 6.42 Å². The van der Waals surface area contributed by atoms with Crippen LogP contribution in [0.15, 0.2) is 36.4 Å². The minimum atomic E-state index is -1.55. The molecule has 200 valence electrons. The van der Waals surface area contributed by atoms with Crippen LogP contribution in [0.1, 0.15) is 50.1 Å². The quantitative estimate of drug-likeness (QED) is 0.343. The summed E-state index contributed by atoms with van der Waals surface area (Å²) in [4.78, 5) is 7.39. The molecule has 0 radical (unpaired) electrons.